The van der Waals surface area contributed by atoms with E-state index in [0.717, 1.165) is 27.4 Å². The number of rotatable bonds is 6. The van der Waals surface area contributed by atoms with Gasteiger partial charge in [0.25, 0.3) is 0 Å². The van der Waals surface area contributed by atoms with Gasteiger partial charge in [0.1, 0.15) is 0 Å². The van der Waals surface area contributed by atoms with Crippen molar-refractivity contribution in [3.63, 3.8) is 0 Å². The standard InChI is InChI=1S/C23H18N4OS/c28-23(12-9-19-15-25-21-5-1-2-6-22(21)26-19)27-18-7-10-20(11-8-18)29-16-17-4-3-13-24-14-17/h1-15H,16H2,(H,27,28)/b12-9+. The zero-order valence-corrected chi connectivity index (χ0v) is 16.3. The highest BCUT2D eigenvalue weighted by Crippen LogP contribution is 2.24. The van der Waals surface area contributed by atoms with Gasteiger partial charge in [-0.1, -0.05) is 18.2 Å². The van der Waals surface area contributed by atoms with E-state index in [1.807, 2.05) is 60.8 Å². The number of amides is 1. The molecule has 0 aliphatic heterocycles. The van der Waals surface area contributed by atoms with E-state index in [9.17, 15) is 4.79 Å². The summed E-state index contributed by atoms with van der Waals surface area (Å²) >= 11 is 1.73. The zero-order valence-electron chi connectivity index (χ0n) is 15.5. The van der Waals surface area contributed by atoms with Crippen molar-refractivity contribution in [2.24, 2.45) is 0 Å². The number of para-hydroxylation sites is 2. The Bertz CT molecular complexity index is 1140. The summed E-state index contributed by atoms with van der Waals surface area (Å²) in [6.45, 7) is 0. The van der Waals surface area contributed by atoms with Gasteiger partial charge in [-0.2, -0.15) is 0 Å². The summed E-state index contributed by atoms with van der Waals surface area (Å²) in [5.74, 6) is 0.644. The molecule has 0 radical (unpaired) electrons. The molecule has 2 heterocycles. The number of fused-ring (bicyclic) bond motifs is 1. The minimum Gasteiger partial charge on any atom is -0.323 e. The van der Waals surface area contributed by atoms with Crippen molar-refractivity contribution in [2.75, 3.05) is 5.32 Å². The summed E-state index contributed by atoms with van der Waals surface area (Å²) in [6, 6.07) is 19.4. The number of benzene rings is 2. The summed E-state index contributed by atoms with van der Waals surface area (Å²) < 4.78 is 0. The lowest BCUT2D eigenvalue weighted by Crippen LogP contribution is -2.07. The first-order valence-corrected chi connectivity index (χ1v) is 10.1. The van der Waals surface area contributed by atoms with E-state index in [0.29, 0.717) is 5.69 Å². The lowest BCUT2D eigenvalue weighted by Gasteiger charge is -2.05. The number of nitrogens with one attached hydrogen (secondary N) is 1. The van der Waals surface area contributed by atoms with Gasteiger partial charge in [0.05, 0.1) is 22.9 Å². The van der Waals surface area contributed by atoms with Crippen LogP contribution in [-0.4, -0.2) is 20.9 Å². The Hall–Kier alpha value is -3.51. The van der Waals surface area contributed by atoms with Crippen LogP contribution in [0.4, 0.5) is 5.69 Å². The SMILES string of the molecule is O=C(/C=C/c1cnc2ccccc2n1)Nc1ccc(SCc2cccnc2)cc1. The summed E-state index contributed by atoms with van der Waals surface area (Å²) in [6.07, 6.45) is 8.41. The van der Waals surface area contributed by atoms with Gasteiger partial charge in [-0.25, -0.2) is 4.98 Å². The zero-order chi connectivity index (χ0) is 19.9. The first-order chi connectivity index (χ1) is 14.3. The molecule has 0 fully saturated rings. The molecule has 1 N–H and O–H groups in total. The van der Waals surface area contributed by atoms with Crippen LogP contribution in [0.5, 0.6) is 0 Å². The lowest BCUT2D eigenvalue weighted by molar-refractivity contribution is -0.111. The molecule has 29 heavy (non-hydrogen) atoms. The Morgan fingerprint density at radius 1 is 0.966 bits per heavy atom. The van der Waals surface area contributed by atoms with Crippen LogP contribution in [-0.2, 0) is 10.5 Å². The van der Waals surface area contributed by atoms with Crippen molar-refractivity contribution < 1.29 is 4.79 Å². The second kappa shape index (κ2) is 9.12. The van der Waals surface area contributed by atoms with Crippen LogP contribution in [0.3, 0.4) is 0 Å². The third-order valence-electron chi connectivity index (χ3n) is 4.12. The number of thioether (sulfide) groups is 1. The molecular formula is C23H18N4OS. The van der Waals surface area contributed by atoms with Crippen molar-refractivity contribution in [3.05, 3.63) is 96.6 Å². The fourth-order valence-electron chi connectivity index (χ4n) is 2.68. The molecule has 5 nitrogen and oxygen atoms in total. The Balaban J connectivity index is 1.33. The molecule has 142 valence electrons. The third kappa shape index (κ3) is 5.27. The number of aromatic nitrogens is 3. The molecule has 4 rings (SSSR count). The summed E-state index contributed by atoms with van der Waals surface area (Å²) in [4.78, 5) is 26.3. The molecule has 0 unspecified atom stereocenters. The number of hydrogen-bond acceptors (Lipinski definition) is 5. The average Bonchev–Trinajstić information content (AvgIpc) is 2.78. The van der Waals surface area contributed by atoms with Crippen molar-refractivity contribution in [2.45, 2.75) is 10.6 Å². The maximum atomic E-state index is 12.2. The highest BCUT2D eigenvalue weighted by molar-refractivity contribution is 7.98. The molecule has 6 heteroatoms. The third-order valence-corrected chi connectivity index (χ3v) is 5.21. The van der Waals surface area contributed by atoms with Crippen LogP contribution in [0.15, 0.2) is 90.2 Å². The molecule has 0 saturated heterocycles. The normalized spacial score (nSPS) is 11.0. The number of nitrogens with zero attached hydrogens (tertiary/aromatic N) is 3. The molecular weight excluding hydrogens is 380 g/mol. The fourth-order valence-corrected chi connectivity index (χ4v) is 3.51. The van der Waals surface area contributed by atoms with E-state index >= 15 is 0 Å². The minimum atomic E-state index is -0.212. The van der Waals surface area contributed by atoms with Gasteiger partial charge in [0.2, 0.25) is 5.91 Å². The van der Waals surface area contributed by atoms with Crippen LogP contribution in [0.25, 0.3) is 17.1 Å². The van der Waals surface area contributed by atoms with Crippen molar-refractivity contribution in [1.29, 1.82) is 0 Å². The minimum absolute atomic E-state index is 0.212. The highest BCUT2D eigenvalue weighted by Gasteiger charge is 2.01. The number of hydrogen-bond donors (Lipinski definition) is 1. The summed E-state index contributed by atoms with van der Waals surface area (Å²) in [7, 11) is 0. The molecule has 0 atom stereocenters. The number of pyridine rings is 1. The van der Waals surface area contributed by atoms with Crippen LogP contribution < -0.4 is 5.32 Å². The van der Waals surface area contributed by atoms with Gasteiger partial charge in [-0.05, 0) is 54.1 Å². The number of carbonyl (C=O) groups is 1. The van der Waals surface area contributed by atoms with Crippen LogP contribution in [0.1, 0.15) is 11.3 Å². The molecule has 0 aliphatic rings. The number of anilines is 1. The lowest BCUT2D eigenvalue weighted by atomic mass is 10.3. The Morgan fingerprint density at radius 2 is 1.79 bits per heavy atom. The van der Waals surface area contributed by atoms with Crippen LogP contribution >= 0.6 is 11.8 Å². The van der Waals surface area contributed by atoms with Gasteiger partial charge < -0.3 is 5.32 Å². The van der Waals surface area contributed by atoms with E-state index in [2.05, 4.69) is 26.3 Å². The van der Waals surface area contributed by atoms with Gasteiger partial charge in [0.15, 0.2) is 0 Å². The van der Waals surface area contributed by atoms with Gasteiger partial charge in [-0.15, -0.1) is 11.8 Å². The topological polar surface area (TPSA) is 67.8 Å². The van der Waals surface area contributed by atoms with E-state index in [4.69, 9.17) is 0 Å². The molecule has 0 saturated carbocycles. The first-order valence-electron chi connectivity index (χ1n) is 9.09. The van der Waals surface area contributed by atoms with Crippen molar-refractivity contribution >= 4 is 40.5 Å². The monoisotopic (exact) mass is 398 g/mol. The van der Waals surface area contributed by atoms with Crippen LogP contribution in [0.2, 0.25) is 0 Å². The highest BCUT2D eigenvalue weighted by atomic mass is 32.2. The van der Waals surface area contributed by atoms with Crippen LogP contribution in [0, 0.1) is 0 Å². The predicted octanol–water partition coefficient (Wildman–Crippen LogP) is 4.97. The van der Waals surface area contributed by atoms with Crippen molar-refractivity contribution in [3.8, 4) is 0 Å². The largest absolute Gasteiger partial charge is 0.323 e. The molecule has 2 aromatic carbocycles. The van der Waals surface area contributed by atoms with E-state index < -0.39 is 0 Å². The second-order valence-corrected chi connectivity index (χ2v) is 7.33. The van der Waals surface area contributed by atoms with Gasteiger partial charge >= 0.3 is 0 Å². The Labute approximate surface area is 172 Å². The van der Waals surface area contributed by atoms with E-state index in [-0.39, 0.29) is 5.91 Å². The summed E-state index contributed by atoms with van der Waals surface area (Å²) in [5.41, 5.74) is 4.19. The maximum Gasteiger partial charge on any atom is 0.248 e. The van der Waals surface area contributed by atoms with Crippen molar-refractivity contribution in [1.82, 2.24) is 15.0 Å². The number of carbonyl (C=O) groups excluding carboxylic acids is 1. The molecule has 0 spiro atoms. The molecule has 0 bridgehead atoms. The molecule has 4 aromatic rings. The first kappa shape index (κ1) is 18.8. The smallest absolute Gasteiger partial charge is 0.248 e. The maximum absolute atomic E-state index is 12.2. The average molecular weight is 398 g/mol. The molecule has 1 amide bonds. The Morgan fingerprint density at radius 3 is 2.59 bits per heavy atom. The van der Waals surface area contributed by atoms with E-state index in [1.54, 1.807) is 30.2 Å². The van der Waals surface area contributed by atoms with Gasteiger partial charge in [-0.3, -0.25) is 14.8 Å². The fraction of sp³-hybridized carbons (Fsp3) is 0.0435. The van der Waals surface area contributed by atoms with E-state index in [1.165, 1.54) is 11.6 Å². The molecule has 2 aromatic heterocycles. The second-order valence-electron chi connectivity index (χ2n) is 6.28. The quantitative estimate of drug-likeness (QED) is 0.367. The Kier molecular flexibility index (Phi) is 5.92. The summed E-state index contributed by atoms with van der Waals surface area (Å²) in [5, 5.41) is 2.86. The molecule has 0 aliphatic carbocycles. The van der Waals surface area contributed by atoms with Gasteiger partial charge in [0, 0.05) is 34.8 Å². The predicted molar refractivity (Wildman–Crippen MR) is 117 cm³/mol.